The molecule has 1 aromatic heterocycles. The number of primary sulfonamides is 1. The fourth-order valence-corrected chi connectivity index (χ4v) is 5.59. The smallest absolute Gasteiger partial charge is 0.238 e. The molecule has 10 heteroatoms. The zero-order chi connectivity index (χ0) is 22.5. The number of hydrogen-bond donors (Lipinski definition) is 1. The summed E-state index contributed by atoms with van der Waals surface area (Å²) in [5.74, 6) is 1.70. The Hall–Kier alpha value is -2.82. The highest BCUT2D eigenvalue weighted by atomic mass is 32.2. The van der Waals surface area contributed by atoms with Crippen molar-refractivity contribution in [3.8, 4) is 16.9 Å². The second-order valence-corrected chi connectivity index (χ2v) is 10.7. The Kier molecular flexibility index (Phi) is 5.23. The van der Waals surface area contributed by atoms with Gasteiger partial charge < -0.3 is 4.74 Å². The lowest BCUT2D eigenvalue weighted by Crippen LogP contribution is -2.19. The molecule has 166 valence electrons. The minimum atomic E-state index is -3.72. The fourth-order valence-electron chi connectivity index (χ4n) is 3.94. The number of fused-ring (bicyclic) bond motifs is 2. The van der Waals surface area contributed by atoms with Crippen molar-refractivity contribution < 1.29 is 13.2 Å². The van der Waals surface area contributed by atoms with Gasteiger partial charge in [-0.3, -0.25) is 4.31 Å². The Labute approximate surface area is 191 Å². The molecule has 0 atom stereocenters. The SMILES string of the molecule is CC(C)n1ncnc1N1CC2=C(CCOc3ccc(-c4ccc(S(N)(=O)=O)cc4)cc32)S1. The summed E-state index contributed by atoms with van der Waals surface area (Å²) in [7, 11) is -3.72. The Morgan fingerprint density at radius 1 is 1.12 bits per heavy atom. The molecule has 3 heterocycles. The van der Waals surface area contributed by atoms with Gasteiger partial charge in [0.2, 0.25) is 16.0 Å². The van der Waals surface area contributed by atoms with Gasteiger partial charge in [0.25, 0.3) is 0 Å². The molecule has 3 aromatic rings. The first-order valence-electron chi connectivity index (χ1n) is 10.3. The average Bonchev–Trinajstić information content (AvgIpc) is 3.37. The summed E-state index contributed by atoms with van der Waals surface area (Å²) in [6.45, 7) is 5.50. The maximum absolute atomic E-state index is 11.6. The summed E-state index contributed by atoms with van der Waals surface area (Å²) < 4.78 is 33.3. The number of nitrogens with two attached hydrogens (primary N) is 1. The van der Waals surface area contributed by atoms with Crippen LogP contribution in [0.15, 0.2) is 58.6 Å². The zero-order valence-corrected chi connectivity index (χ0v) is 19.4. The lowest BCUT2D eigenvalue weighted by Gasteiger charge is -2.20. The maximum Gasteiger partial charge on any atom is 0.238 e. The van der Waals surface area contributed by atoms with Gasteiger partial charge in [-0.2, -0.15) is 10.1 Å². The van der Waals surface area contributed by atoms with Crippen LogP contribution in [0, 0.1) is 0 Å². The van der Waals surface area contributed by atoms with Gasteiger partial charge in [-0.1, -0.05) is 18.2 Å². The fraction of sp³-hybridized carbons (Fsp3) is 0.273. The van der Waals surface area contributed by atoms with Crippen LogP contribution in [0.25, 0.3) is 16.7 Å². The minimum Gasteiger partial charge on any atom is -0.493 e. The second kappa shape index (κ2) is 7.95. The van der Waals surface area contributed by atoms with Crippen LogP contribution < -0.4 is 14.2 Å². The van der Waals surface area contributed by atoms with E-state index in [0.29, 0.717) is 13.2 Å². The molecule has 8 nitrogen and oxygen atoms in total. The molecule has 0 amide bonds. The average molecular weight is 470 g/mol. The second-order valence-electron chi connectivity index (χ2n) is 8.01. The normalized spacial score (nSPS) is 16.1. The number of anilines is 1. The van der Waals surface area contributed by atoms with Crippen LogP contribution in [0.5, 0.6) is 5.75 Å². The van der Waals surface area contributed by atoms with Crippen molar-refractivity contribution in [1.82, 2.24) is 14.8 Å². The van der Waals surface area contributed by atoms with Crippen LogP contribution >= 0.6 is 11.9 Å². The summed E-state index contributed by atoms with van der Waals surface area (Å²) >= 11 is 1.70. The van der Waals surface area contributed by atoms with E-state index >= 15 is 0 Å². The van der Waals surface area contributed by atoms with Gasteiger partial charge in [0.05, 0.1) is 24.1 Å². The van der Waals surface area contributed by atoms with E-state index in [1.54, 1.807) is 30.4 Å². The van der Waals surface area contributed by atoms with Gasteiger partial charge in [-0.05, 0) is 66.8 Å². The molecule has 0 unspecified atom stereocenters. The van der Waals surface area contributed by atoms with Crippen LogP contribution in [0.2, 0.25) is 0 Å². The lowest BCUT2D eigenvalue weighted by molar-refractivity contribution is 0.326. The number of benzene rings is 2. The summed E-state index contributed by atoms with van der Waals surface area (Å²) in [5.41, 5.74) is 4.17. The molecular weight excluding hydrogens is 446 g/mol. The van der Waals surface area contributed by atoms with Crippen molar-refractivity contribution >= 4 is 33.5 Å². The van der Waals surface area contributed by atoms with Crippen molar-refractivity contribution in [3.05, 3.63) is 59.3 Å². The standard InChI is InChI=1S/C22H23N5O3S2/c1-14(2)27-22(24-13-25-27)26-12-19-18-11-16(5-8-20(18)30-10-9-21(19)31-26)15-3-6-17(7-4-15)32(23,28)29/h3-8,11,13-14H,9-10,12H2,1-2H3,(H2,23,28,29). The van der Waals surface area contributed by atoms with Gasteiger partial charge in [0.1, 0.15) is 12.1 Å². The summed E-state index contributed by atoms with van der Waals surface area (Å²) in [6, 6.07) is 12.9. The van der Waals surface area contributed by atoms with Gasteiger partial charge >= 0.3 is 0 Å². The van der Waals surface area contributed by atoms with Crippen LogP contribution in [0.3, 0.4) is 0 Å². The van der Waals surface area contributed by atoms with Crippen LogP contribution in [0.4, 0.5) is 5.95 Å². The number of sulfonamides is 1. The van der Waals surface area contributed by atoms with Crippen molar-refractivity contribution in [1.29, 1.82) is 0 Å². The molecule has 2 aliphatic heterocycles. The monoisotopic (exact) mass is 469 g/mol. The van der Waals surface area contributed by atoms with Crippen LogP contribution in [-0.4, -0.2) is 36.3 Å². The Balaban J connectivity index is 1.50. The largest absolute Gasteiger partial charge is 0.493 e. The van der Waals surface area contributed by atoms with Crippen molar-refractivity contribution in [2.75, 3.05) is 17.5 Å². The summed E-state index contributed by atoms with van der Waals surface area (Å²) in [6.07, 6.45) is 2.43. The number of ether oxygens (including phenoxy) is 1. The Morgan fingerprint density at radius 2 is 1.88 bits per heavy atom. The minimum absolute atomic E-state index is 0.0986. The van der Waals surface area contributed by atoms with E-state index in [0.717, 1.165) is 34.8 Å². The lowest BCUT2D eigenvalue weighted by atomic mass is 9.97. The molecule has 0 fully saturated rings. The van der Waals surface area contributed by atoms with E-state index < -0.39 is 10.0 Å². The number of nitrogens with zero attached hydrogens (tertiary/aromatic N) is 4. The zero-order valence-electron chi connectivity index (χ0n) is 17.7. The first-order valence-corrected chi connectivity index (χ1v) is 12.6. The van der Waals surface area contributed by atoms with Crippen LogP contribution in [-0.2, 0) is 10.0 Å². The molecule has 0 spiro atoms. The molecule has 2 aliphatic rings. The number of aromatic nitrogens is 3. The highest BCUT2D eigenvalue weighted by Crippen LogP contribution is 2.46. The first-order chi connectivity index (χ1) is 15.3. The molecule has 5 rings (SSSR count). The molecule has 2 aromatic carbocycles. The van der Waals surface area contributed by atoms with Crippen LogP contribution in [0.1, 0.15) is 31.9 Å². The van der Waals surface area contributed by atoms with E-state index in [1.165, 1.54) is 22.6 Å². The Bertz CT molecular complexity index is 1310. The van der Waals surface area contributed by atoms with Crippen molar-refractivity contribution in [2.45, 2.75) is 31.2 Å². The number of rotatable bonds is 4. The van der Waals surface area contributed by atoms with E-state index in [-0.39, 0.29) is 10.9 Å². The van der Waals surface area contributed by atoms with Gasteiger partial charge in [-0.15, -0.1) is 0 Å². The van der Waals surface area contributed by atoms with Gasteiger partial charge in [0, 0.05) is 16.9 Å². The predicted molar refractivity (Wildman–Crippen MR) is 126 cm³/mol. The molecule has 0 saturated heterocycles. The van der Waals surface area contributed by atoms with Gasteiger partial charge in [0.15, 0.2) is 0 Å². The van der Waals surface area contributed by atoms with E-state index in [4.69, 9.17) is 9.88 Å². The third-order valence-corrected chi connectivity index (χ3v) is 7.65. The highest BCUT2D eigenvalue weighted by Gasteiger charge is 2.31. The van der Waals surface area contributed by atoms with E-state index in [9.17, 15) is 8.42 Å². The molecule has 0 aliphatic carbocycles. The Morgan fingerprint density at radius 3 is 2.59 bits per heavy atom. The highest BCUT2D eigenvalue weighted by molar-refractivity contribution is 8.04. The molecule has 0 saturated carbocycles. The number of hydrogen-bond acceptors (Lipinski definition) is 7. The molecular formula is C22H23N5O3S2. The van der Waals surface area contributed by atoms with Crippen molar-refractivity contribution in [2.24, 2.45) is 5.14 Å². The van der Waals surface area contributed by atoms with Crippen molar-refractivity contribution in [3.63, 3.8) is 0 Å². The van der Waals surface area contributed by atoms with Gasteiger partial charge in [-0.25, -0.2) is 18.2 Å². The predicted octanol–water partition coefficient (Wildman–Crippen LogP) is 3.84. The summed E-state index contributed by atoms with van der Waals surface area (Å²) in [4.78, 5) is 5.86. The first kappa shape index (κ1) is 21.0. The van der Waals surface area contributed by atoms with E-state index in [2.05, 4.69) is 34.3 Å². The molecule has 32 heavy (non-hydrogen) atoms. The summed E-state index contributed by atoms with van der Waals surface area (Å²) in [5, 5.41) is 9.60. The van der Waals surface area contributed by atoms with E-state index in [1.807, 2.05) is 16.8 Å². The quantitative estimate of drug-likeness (QED) is 0.579. The topological polar surface area (TPSA) is 103 Å². The molecule has 0 radical (unpaired) electrons. The molecule has 0 bridgehead atoms. The third kappa shape index (κ3) is 3.78. The third-order valence-electron chi connectivity index (χ3n) is 5.53. The maximum atomic E-state index is 11.6. The molecule has 2 N–H and O–H groups in total.